The number of guanidine groups is 1. The molecule has 2 unspecified atom stereocenters. The third kappa shape index (κ3) is 5.00. The number of halogens is 4. The maximum atomic E-state index is 13.4. The Balaban J connectivity index is 0.00000240. The lowest BCUT2D eigenvalue weighted by molar-refractivity contribution is 0.550. The van der Waals surface area contributed by atoms with Crippen molar-refractivity contribution < 1.29 is 4.39 Å². The fourth-order valence-corrected chi connectivity index (χ4v) is 4.43. The van der Waals surface area contributed by atoms with Gasteiger partial charge in [-0.3, -0.25) is 0 Å². The molecule has 1 heterocycles. The first-order valence-electron chi connectivity index (χ1n) is 8.92. The molecule has 1 saturated heterocycles. The third-order valence-electron chi connectivity index (χ3n) is 4.71. The number of benzene rings is 3. The highest BCUT2D eigenvalue weighted by atomic mass is 79.9. The second-order valence-corrected chi connectivity index (χ2v) is 8.29. The topological polar surface area (TPSA) is 36.4 Å². The van der Waals surface area contributed by atoms with Gasteiger partial charge in [-0.2, -0.15) is 0 Å². The molecule has 0 saturated carbocycles. The lowest BCUT2D eigenvalue weighted by Crippen LogP contribution is -2.25. The summed E-state index contributed by atoms with van der Waals surface area (Å²) in [7, 11) is 0. The Morgan fingerprint density at radius 1 is 0.793 bits per heavy atom. The average Bonchev–Trinajstić information content (AvgIpc) is 3.11. The Bertz CT molecular complexity index is 973. The van der Waals surface area contributed by atoms with E-state index in [0.717, 1.165) is 25.6 Å². The van der Waals surface area contributed by atoms with Gasteiger partial charge in [0.15, 0.2) is 5.96 Å². The fraction of sp³-hybridized carbons (Fsp3) is 0.136. The molecule has 2 N–H and O–H groups in total. The Morgan fingerprint density at radius 2 is 1.34 bits per heavy atom. The summed E-state index contributed by atoms with van der Waals surface area (Å²) in [5, 5.41) is 7.01. The van der Waals surface area contributed by atoms with E-state index in [1.54, 1.807) is 6.07 Å². The molecule has 3 aromatic carbocycles. The molecule has 4 rings (SSSR count). The smallest absolute Gasteiger partial charge is 0.192 e. The first kappa shape index (κ1) is 21.8. The lowest BCUT2D eigenvalue weighted by Gasteiger charge is -2.21. The normalized spacial score (nSPS) is 17.8. The van der Waals surface area contributed by atoms with E-state index in [1.165, 1.54) is 12.1 Å². The van der Waals surface area contributed by atoms with Gasteiger partial charge in [-0.25, -0.2) is 9.38 Å². The first-order valence-corrected chi connectivity index (χ1v) is 10.5. The Morgan fingerprint density at radius 3 is 1.86 bits per heavy atom. The van der Waals surface area contributed by atoms with Gasteiger partial charge in [-0.05, 0) is 41.0 Å². The van der Waals surface area contributed by atoms with Crippen molar-refractivity contribution in [1.82, 2.24) is 10.6 Å². The largest absolute Gasteiger partial charge is 0.347 e. The molecule has 0 spiro atoms. The van der Waals surface area contributed by atoms with Gasteiger partial charge in [0.25, 0.3) is 0 Å². The lowest BCUT2D eigenvalue weighted by atomic mass is 9.95. The summed E-state index contributed by atoms with van der Waals surface area (Å²) in [6.45, 7) is 0.401. The quantitative estimate of drug-likeness (QED) is 0.408. The number of nitrogens with one attached hydrogen (secondary N) is 2. The highest BCUT2D eigenvalue weighted by Gasteiger charge is 2.34. The molecule has 0 radical (unpaired) electrons. The SMILES string of the molecule is Cl.Fc1cccc(CN=C2NC(c3ccccc3Br)C(c3ccccc3Br)N2)c1. The van der Waals surface area contributed by atoms with Crippen LogP contribution < -0.4 is 10.6 Å². The van der Waals surface area contributed by atoms with E-state index < -0.39 is 0 Å². The van der Waals surface area contributed by atoms with E-state index in [2.05, 4.69) is 59.6 Å². The minimum atomic E-state index is -0.248. The van der Waals surface area contributed by atoms with Gasteiger partial charge in [-0.1, -0.05) is 80.4 Å². The highest BCUT2D eigenvalue weighted by molar-refractivity contribution is 9.10. The maximum absolute atomic E-state index is 13.4. The summed E-state index contributed by atoms with van der Waals surface area (Å²) in [6, 6.07) is 22.9. The van der Waals surface area contributed by atoms with Gasteiger partial charge in [-0.15, -0.1) is 12.4 Å². The number of rotatable bonds is 4. The van der Waals surface area contributed by atoms with Crippen molar-refractivity contribution >= 4 is 50.2 Å². The zero-order chi connectivity index (χ0) is 19.5. The van der Waals surface area contributed by atoms with Gasteiger partial charge < -0.3 is 10.6 Å². The molecule has 1 aliphatic heterocycles. The Labute approximate surface area is 192 Å². The monoisotopic (exact) mass is 537 g/mol. The minimum Gasteiger partial charge on any atom is -0.347 e. The van der Waals surface area contributed by atoms with Crippen LogP contribution in [0.4, 0.5) is 4.39 Å². The van der Waals surface area contributed by atoms with Crippen LogP contribution in [0, 0.1) is 5.82 Å². The molecule has 3 aromatic rings. The molecule has 0 aromatic heterocycles. The molecular formula is C22H19Br2ClFN3. The number of aliphatic imine (C=N–C) groups is 1. The van der Waals surface area contributed by atoms with E-state index in [4.69, 9.17) is 0 Å². The second-order valence-electron chi connectivity index (χ2n) is 6.58. The van der Waals surface area contributed by atoms with Crippen molar-refractivity contribution in [3.63, 3.8) is 0 Å². The summed E-state index contributed by atoms with van der Waals surface area (Å²) >= 11 is 7.33. The number of hydrogen-bond acceptors (Lipinski definition) is 1. The van der Waals surface area contributed by atoms with Crippen LogP contribution in [0.3, 0.4) is 0 Å². The molecule has 1 fully saturated rings. The highest BCUT2D eigenvalue weighted by Crippen LogP contribution is 2.38. The van der Waals surface area contributed by atoms with Gasteiger partial charge in [0, 0.05) is 8.95 Å². The average molecular weight is 540 g/mol. The zero-order valence-electron chi connectivity index (χ0n) is 15.3. The summed E-state index contributed by atoms with van der Waals surface area (Å²) in [6.07, 6.45) is 0. The van der Waals surface area contributed by atoms with E-state index in [0.29, 0.717) is 12.5 Å². The van der Waals surface area contributed by atoms with Gasteiger partial charge >= 0.3 is 0 Å². The summed E-state index contributed by atoms with van der Waals surface area (Å²) in [5.74, 6) is 0.452. The van der Waals surface area contributed by atoms with E-state index in [9.17, 15) is 4.39 Å². The van der Waals surface area contributed by atoms with E-state index in [-0.39, 0.29) is 30.3 Å². The van der Waals surface area contributed by atoms with Gasteiger partial charge in [0.2, 0.25) is 0 Å². The molecular weight excluding hydrogens is 521 g/mol. The van der Waals surface area contributed by atoms with Crippen LogP contribution in [-0.4, -0.2) is 5.96 Å². The van der Waals surface area contributed by atoms with Crippen LogP contribution >= 0.6 is 44.3 Å². The van der Waals surface area contributed by atoms with Crippen molar-refractivity contribution in [2.24, 2.45) is 4.99 Å². The maximum Gasteiger partial charge on any atom is 0.192 e. The second kappa shape index (κ2) is 9.74. The molecule has 150 valence electrons. The van der Waals surface area contributed by atoms with Crippen molar-refractivity contribution in [2.45, 2.75) is 18.6 Å². The third-order valence-corrected chi connectivity index (χ3v) is 6.15. The number of hydrogen-bond donors (Lipinski definition) is 2. The van der Waals surface area contributed by atoms with Gasteiger partial charge in [0.1, 0.15) is 5.82 Å². The van der Waals surface area contributed by atoms with Crippen molar-refractivity contribution in [1.29, 1.82) is 0 Å². The summed E-state index contributed by atoms with van der Waals surface area (Å²) in [4.78, 5) is 4.64. The van der Waals surface area contributed by atoms with Crippen molar-refractivity contribution in [3.05, 3.63) is 104 Å². The van der Waals surface area contributed by atoms with Crippen LogP contribution in [0.25, 0.3) is 0 Å². The molecule has 3 nitrogen and oxygen atoms in total. The number of nitrogens with zero attached hydrogens (tertiary/aromatic N) is 1. The fourth-order valence-electron chi connectivity index (χ4n) is 3.37. The zero-order valence-corrected chi connectivity index (χ0v) is 19.3. The standard InChI is InChI=1S/C22H18Br2FN3.ClH/c23-18-10-3-1-8-16(18)20-21(17-9-2-4-11-19(17)24)28-22(27-20)26-13-14-6-5-7-15(25)12-14;/h1-12,20-21H,13H2,(H2,26,27,28);1H. The molecule has 0 aliphatic carbocycles. The predicted molar refractivity (Wildman–Crippen MR) is 125 cm³/mol. The van der Waals surface area contributed by atoms with Crippen molar-refractivity contribution in [3.8, 4) is 0 Å². The van der Waals surface area contributed by atoms with E-state index in [1.807, 2.05) is 42.5 Å². The minimum absolute atomic E-state index is 0. The van der Waals surface area contributed by atoms with Crippen molar-refractivity contribution in [2.75, 3.05) is 0 Å². The Hall–Kier alpha value is -1.89. The van der Waals surface area contributed by atoms with Crippen LogP contribution in [0.5, 0.6) is 0 Å². The molecule has 29 heavy (non-hydrogen) atoms. The summed E-state index contributed by atoms with van der Waals surface area (Å²) in [5.41, 5.74) is 3.12. The van der Waals surface area contributed by atoms with Crippen LogP contribution in [-0.2, 0) is 6.54 Å². The molecule has 1 aliphatic rings. The van der Waals surface area contributed by atoms with Crippen LogP contribution in [0.1, 0.15) is 28.8 Å². The van der Waals surface area contributed by atoms with Crippen LogP contribution in [0.15, 0.2) is 86.7 Å². The summed E-state index contributed by atoms with van der Waals surface area (Å²) < 4.78 is 15.5. The Kier molecular flexibility index (Phi) is 7.33. The van der Waals surface area contributed by atoms with Crippen LogP contribution in [0.2, 0.25) is 0 Å². The molecule has 2 atom stereocenters. The van der Waals surface area contributed by atoms with E-state index >= 15 is 0 Å². The molecule has 7 heteroatoms. The first-order chi connectivity index (χ1) is 13.6. The molecule has 0 bridgehead atoms. The van der Waals surface area contributed by atoms with Gasteiger partial charge in [0.05, 0.1) is 18.6 Å². The predicted octanol–water partition coefficient (Wildman–Crippen LogP) is 6.30. The molecule has 0 amide bonds.